The molecular weight excluding hydrogens is 266 g/mol. The summed E-state index contributed by atoms with van der Waals surface area (Å²) in [5.74, 6) is 0. The van der Waals surface area contributed by atoms with Crippen LogP contribution in [0.3, 0.4) is 0 Å². The highest BCUT2D eigenvalue weighted by Crippen LogP contribution is 2.27. The van der Waals surface area contributed by atoms with Gasteiger partial charge in [-0.05, 0) is 61.2 Å². The van der Waals surface area contributed by atoms with Crippen molar-refractivity contribution < 1.29 is 0 Å². The molecule has 2 aromatic carbocycles. The molecule has 2 heteroatoms. The first-order valence-electron chi connectivity index (χ1n) is 7.21. The summed E-state index contributed by atoms with van der Waals surface area (Å²) in [5.41, 5.74) is 4.82. The molecule has 0 radical (unpaired) electrons. The van der Waals surface area contributed by atoms with Gasteiger partial charge in [0.2, 0.25) is 0 Å². The first kappa shape index (κ1) is 15.1. The summed E-state index contributed by atoms with van der Waals surface area (Å²) in [5, 5.41) is 4.35. The Labute approximate surface area is 127 Å². The van der Waals surface area contributed by atoms with Gasteiger partial charge in [-0.1, -0.05) is 48.9 Å². The zero-order valence-electron chi connectivity index (χ0n) is 12.4. The molecule has 1 atom stereocenters. The minimum absolute atomic E-state index is 0.371. The summed E-state index contributed by atoms with van der Waals surface area (Å²) in [6, 6.07) is 15.3. The Bertz CT molecular complexity index is 577. The predicted octanol–water partition coefficient (Wildman–Crippen LogP) is 5.38. The van der Waals surface area contributed by atoms with E-state index in [-0.39, 0.29) is 0 Å². The summed E-state index contributed by atoms with van der Waals surface area (Å²) < 4.78 is 0. The third-order valence-electron chi connectivity index (χ3n) is 3.59. The van der Waals surface area contributed by atoms with Crippen molar-refractivity contribution in [3.63, 3.8) is 0 Å². The lowest BCUT2D eigenvalue weighted by Crippen LogP contribution is -2.19. The van der Waals surface area contributed by atoms with Gasteiger partial charge in [0, 0.05) is 11.1 Å². The van der Waals surface area contributed by atoms with Crippen LogP contribution in [-0.2, 0) is 0 Å². The summed E-state index contributed by atoms with van der Waals surface area (Å²) in [4.78, 5) is 0. The van der Waals surface area contributed by atoms with E-state index in [1.54, 1.807) is 0 Å². The molecule has 1 nitrogen and oxygen atoms in total. The Hall–Kier alpha value is -1.31. The van der Waals surface area contributed by atoms with Crippen LogP contribution in [0.5, 0.6) is 0 Å². The van der Waals surface area contributed by atoms with E-state index < -0.39 is 0 Å². The summed E-state index contributed by atoms with van der Waals surface area (Å²) >= 11 is 6.22. The van der Waals surface area contributed by atoms with Crippen LogP contribution in [0.25, 0.3) is 11.1 Å². The fourth-order valence-corrected chi connectivity index (χ4v) is 2.42. The number of aryl methyl sites for hydroxylation is 1. The molecule has 20 heavy (non-hydrogen) atoms. The SMILES string of the molecule is CCCNC(C)c1cccc(-c2ccc(C)c(Cl)c2)c1. The standard InChI is InChI=1S/C18H22ClN/c1-4-10-20-14(3)15-6-5-7-16(11-15)17-9-8-13(2)18(19)12-17/h5-9,11-12,14,20H,4,10H2,1-3H3. The van der Waals surface area contributed by atoms with Crippen LogP contribution < -0.4 is 5.32 Å². The van der Waals surface area contributed by atoms with Crippen molar-refractivity contribution in [2.24, 2.45) is 0 Å². The lowest BCUT2D eigenvalue weighted by atomic mass is 9.99. The van der Waals surface area contributed by atoms with E-state index in [9.17, 15) is 0 Å². The predicted molar refractivity (Wildman–Crippen MR) is 88.3 cm³/mol. The number of rotatable bonds is 5. The monoisotopic (exact) mass is 287 g/mol. The molecule has 2 rings (SSSR count). The molecule has 1 unspecified atom stereocenters. The first-order chi connectivity index (χ1) is 9.61. The molecule has 0 aliphatic carbocycles. The van der Waals surface area contributed by atoms with Gasteiger partial charge in [-0.3, -0.25) is 0 Å². The van der Waals surface area contributed by atoms with E-state index in [0.717, 1.165) is 23.6 Å². The zero-order chi connectivity index (χ0) is 14.5. The Kier molecular flexibility index (Phi) is 5.22. The van der Waals surface area contributed by atoms with Crippen molar-refractivity contribution in [1.82, 2.24) is 5.32 Å². The minimum atomic E-state index is 0.371. The molecule has 2 aromatic rings. The van der Waals surface area contributed by atoms with Crippen LogP contribution in [0.4, 0.5) is 0 Å². The van der Waals surface area contributed by atoms with Crippen molar-refractivity contribution >= 4 is 11.6 Å². The Balaban J connectivity index is 2.26. The normalized spacial score (nSPS) is 12.4. The quantitative estimate of drug-likeness (QED) is 0.779. The third kappa shape index (κ3) is 3.62. The van der Waals surface area contributed by atoms with Gasteiger partial charge in [-0.2, -0.15) is 0 Å². The van der Waals surface area contributed by atoms with Crippen LogP contribution in [0, 0.1) is 6.92 Å². The van der Waals surface area contributed by atoms with Crippen LogP contribution in [0.2, 0.25) is 5.02 Å². The van der Waals surface area contributed by atoms with Crippen LogP contribution in [0.1, 0.15) is 37.4 Å². The highest BCUT2D eigenvalue weighted by atomic mass is 35.5. The maximum atomic E-state index is 6.22. The second-order valence-corrected chi connectivity index (χ2v) is 5.67. The van der Waals surface area contributed by atoms with Crippen molar-refractivity contribution in [3.05, 3.63) is 58.6 Å². The largest absolute Gasteiger partial charge is 0.310 e. The van der Waals surface area contributed by atoms with E-state index in [1.165, 1.54) is 16.7 Å². The van der Waals surface area contributed by atoms with Crippen molar-refractivity contribution in [3.8, 4) is 11.1 Å². The lowest BCUT2D eigenvalue weighted by molar-refractivity contribution is 0.571. The molecule has 0 aliphatic rings. The molecular formula is C18H22ClN. The molecule has 0 aromatic heterocycles. The molecule has 0 saturated carbocycles. The van der Waals surface area contributed by atoms with Crippen LogP contribution in [0.15, 0.2) is 42.5 Å². The topological polar surface area (TPSA) is 12.0 Å². The molecule has 0 amide bonds. The number of benzene rings is 2. The van der Waals surface area contributed by atoms with Crippen molar-refractivity contribution in [2.45, 2.75) is 33.2 Å². The Morgan fingerprint density at radius 3 is 2.55 bits per heavy atom. The number of nitrogens with one attached hydrogen (secondary N) is 1. The van der Waals surface area contributed by atoms with Crippen LogP contribution >= 0.6 is 11.6 Å². The molecule has 0 heterocycles. The van der Waals surface area contributed by atoms with E-state index in [2.05, 4.69) is 55.6 Å². The molecule has 0 spiro atoms. The van der Waals surface area contributed by atoms with Crippen molar-refractivity contribution in [1.29, 1.82) is 0 Å². The molecule has 0 saturated heterocycles. The summed E-state index contributed by atoms with van der Waals surface area (Å²) in [6.07, 6.45) is 1.15. The van der Waals surface area contributed by atoms with Gasteiger partial charge in [-0.25, -0.2) is 0 Å². The van der Waals surface area contributed by atoms with Gasteiger partial charge >= 0.3 is 0 Å². The number of halogens is 1. The maximum absolute atomic E-state index is 6.22. The summed E-state index contributed by atoms with van der Waals surface area (Å²) in [7, 11) is 0. The Morgan fingerprint density at radius 2 is 1.85 bits per heavy atom. The second kappa shape index (κ2) is 6.92. The maximum Gasteiger partial charge on any atom is 0.0441 e. The van der Waals surface area contributed by atoms with Crippen molar-refractivity contribution in [2.75, 3.05) is 6.54 Å². The van der Waals surface area contributed by atoms with Gasteiger partial charge in [0.15, 0.2) is 0 Å². The molecule has 0 bridgehead atoms. The summed E-state index contributed by atoms with van der Waals surface area (Å²) in [6.45, 7) is 7.46. The van der Waals surface area contributed by atoms with E-state index in [0.29, 0.717) is 6.04 Å². The third-order valence-corrected chi connectivity index (χ3v) is 4.00. The van der Waals surface area contributed by atoms with E-state index in [4.69, 9.17) is 11.6 Å². The van der Waals surface area contributed by atoms with Crippen LogP contribution in [-0.4, -0.2) is 6.54 Å². The molecule has 0 fully saturated rings. The highest BCUT2D eigenvalue weighted by molar-refractivity contribution is 6.31. The fraction of sp³-hybridized carbons (Fsp3) is 0.333. The van der Waals surface area contributed by atoms with E-state index in [1.807, 2.05) is 13.0 Å². The molecule has 0 aliphatic heterocycles. The second-order valence-electron chi connectivity index (χ2n) is 5.27. The fourth-order valence-electron chi connectivity index (χ4n) is 2.24. The average molecular weight is 288 g/mol. The molecule has 106 valence electrons. The first-order valence-corrected chi connectivity index (χ1v) is 7.59. The number of hydrogen-bond donors (Lipinski definition) is 1. The van der Waals surface area contributed by atoms with Gasteiger partial charge in [-0.15, -0.1) is 0 Å². The highest BCUT2D eigenvalue weighted by Gasteiger charge is 2.06. The smallest absolute Gasteiger partial charge is 0.0441 e. The lowest BCUT2D eigenvalue weighted by Gasteiger charge is -2.15. The van der Waals surface area contributed by atoms with Gasteiger partial charge in [0.1, 0.15) is 0 Å². The average Bonchev–Trinajstić information content (AvgIpc) is 2.47. The zero-order valence-corrected chi connectivity index (χ0v) is 13.2. The van der Waals surface area contributed by atoms with Gasteiger partial charge < -0.3 is 5.32 Å². The minimum Gasteiger partial charge on any atom is -0.310 e. The van der Waals surface area contributed by atoms with E-state index >= 15 is 0 Å². The van der Waals surface area contributed by atoms with Gasteiger partial charge in [0.25, 0.3) is 0 Å². The van der Waals surface area contributed by atoms with Gasteiger partial charge in [0.05, 0.1) is 0 Å². The Morgan fingerprint density at radius 1 is 1.10 bits per heavy atom. The number of hydrogen-bond acceptors (Lipinski definition) is 1. The molecule has 1 N–H and O–H groups in total.